The van der Waals surface area contributed by atoms with E-state index in [1.165, 1.54) is 4.90 Å². The van der Waals surface area contributed by atoms with Crippen LogP contribution in [0.3, 0.4) is 0 Å². The Balaban J connectivity index is 0.00000280. The molecule has 178 valence electrons. The summed E-state index contributed by atoms with van der Waals surface area (Å²) in [6.07, 6.45) is 3.32. The van der Waals surface area contributed by atoms with Crippen LogP contribution in [0.4, 0.5) is 5.95 Å². The van der Waals surface area contributed by atoms with Gasteiger partial charge in [-0.3, -0.25) is 19.1 Å². The van der Waals surface area contributed by atoms with E-state index in [1.807, 2.05) is 67.6 Å². The van der Waals surface area contributed by atoms with Gasteiger partial charge in [0.05, 0.1) is 34.7 Å². The van der Waals surface area contributed by atoms with Crippen molar-refractivity contribution < 1.29 is 11.0 Å². The lowest BCUT2D eigenvalue weighted by Gasteiger charge is -2.14. The number of fused-ring (bicyclic) bond motifs is 2. The van der Waals surface area contributed by atoms with Crippen molar-refractivity contribution in [3.63, 3.8) is 0 Å². The second kappa shape index (κ2) is 8.74. The summed E-state index contributed by atoms with van der Waals surface area (Å²) in [4.78, 5) is 41.0. The Morgan fingerprint density at radius 3 is 2.33 bits per heavy atom. The average molecular weight is 477 g/mol. The molecule has 2 amide bonds. The van der Waals surface area contributed by atoms with Crippen molar-refractivity contribution in [2.45, 2.75) is 19.5 Å². The van der Waals surface area contributed by atoms with Gasteiger partial charge in [-0.05, 0) is 36.2 Å². The first-order chi connectivity index (χ1) is 17.6. The Morgan fingerprint density at radius 2 is 1.58 bits per heavy atom. The quantitative estimate of drug-likeness (QED) is 0.346. The topological polar surface area (TPSA) is 93.0 Å². The van der Waals surface area contributed by atoms with Crippen molar-refractivity contribution in [3.05, 3.63) is 114 Å². The molecule has 0 saturated carbocycles. The van der Waals surface area contributed by atoms with E-state index < -0.39 is 0 Å². The standard InChI is InChI=1S/C28H22N6O2.H2/c1-18(20-10-6-3-7-11-20)31-28-29-13-12-25(32-28)34-17-30-23-14-21-22(15-24(23)34)27(36)33(26(21)35)16-19-8-4-2-5-9-19;/h2-15,17-18H,16H2,1H3,(H,29,31,32);1H/t18-;/m0./s1. The predicted molar refractivity (Wildman–Crippen MR) is 138 cm³/mol. The predicted octanol–water partition coefficient (Wildman–Crippen LogP) is 5.03. The minimum absolute atomic E-state index is 0. The Bertz CT molecular complexity index is 1600. The highest BCUT2D eigenvalue weighted by Gasteiger charge is 2.36. The van der Waals surface area contributed by atoms with Crippen LogP contribution in [0.5, 0.6) is 0 Å². The second-order valence-electron chi connectivity index (χ2n) is 8.70. The molecule has 0 spiro atoms. The number of hydrogen-bond donors (Lipinski definition) is 1. The largest absolute Gasteiger partial charge is 0.348 e. The van der Waals surface area contributed by atoms with Crippen LogP contribution < -0.4 is 5.32 Å². The number of benzene rings is 3. The number of hydrogen-bond acceptors (Lipinski definition) is 6. The Morgan fingerprint density at radius 1 is 0.889 bits per heavy atom. The van der Waals surface area contributed by atoms with Gasteiger partial charge in [-0.25, -0.2) is 9.97 Å². The summed E-state index contributed by atoms with van der Waals surface area (Å²) >= 11 is 0. The number of rotatable bonds is 6. The van der Waals surface area contributed by atoms with Crippen molar-refractivity contribution in [2.24, 2.45) is 0 Å². The molecule has 2 aromatic heterocycles. The first-order valence-electron chi connectivity index (χ1n) is 11.6. The van der Waals surface area contributed by atoms with Gasteiger partial charge in [0.2, 0.25) is 5.95 Å². The summed E-state index contributed by atoms with van der Waals surface area (Å²) in [5, 5.41) is 3.33. The van der Waals surface area contributed by atoms with E-state index in [0.717, 1.165) is 11.1 Å². The van der Waals surface area contributed by atoms with Gasteiger partial charge in [0.25, 0.3) is 11.8 Å². The van der Waals surface area contributed by atoms with E-state index in [-0.39, 0.29) is 25.8 Å². The zero-order chi connectivity index (χ0) is 24.6. The molecular weight excluding hydrogens is 452 g/mol. The summed E-state index contributed by atoms with van der Waals surface area (Å²) in [7, 11) is 0. The number of carbonyl (C=O) groups excluding carboxylic acids is 2. The molecule has 1 aliphatic rings. The van der Waals surface area contributed by atoms with Crippen LogP contribution in [0.25, 0.3) is 16.9 Å². The summed E-state index contributed by atoms with van der Waals surface area (Å²) < 4.78 is 1.80. The lowest BCUT2D eigenvalue weighted by Crippen LogP contribution is -2.29. The SMILES string of the molecule is C[C@H](Nc1nccc(-n2cnc3cc4c(cc32)C(=O)N(Cc2ccccc2)C4=O)n1)c1ccccc1.[HH]. The van der Waals surface area contributed by atoms with Crippen LogP contribution in [0.2, 0.25) is 0 Å². The Labute approximate surface area is 208 Å². The number of imidazole rings is 1. The molecule has 3 heterocycles. The number of amides is 2. The maximum atomic E-state index is 13.2. The number of anilines is 1. The third-order valence-electron chi connectivity index (χ3n) is 6.35. The van der Waals surface area contributed by atoms with E-state index in [1.54, 1.807) is 35.3 Å². The van der Waals surface area contributed by atoms with E-state index in [0.29, 0.717) is 33.9 Å². The smallest absolute Gasteiger partial charge is 0.261 e. The number of imide groups is 1. The molecule has 36 heavy (non-hydrogen) atoms. The molecule has 0 unspecified atom stereocenters. The minimum atomic E-state index is -0.310. The first-order valence-corrected chi connectivity index (χ1v) is 11.6. The van der Waals surface area contributed by atoms with Crippen LogP contribution in [0, 0.1) is 0 Å². The summed E-state index contributed by atoms with van der Waals surface area (Å²) in [5.41, 5.74) is 4.06. The van der Waals surface area contributed by atoms with Crippen molar-refractivity contribution in [1.82, 2.24) is 24.4 Å². The lowest BCUT2D eigenvalue weighted by molar-refractivity contribution is 0.0642. The molecule has 0 fully saturated rings. The molecule has 1 N–H and O–H groups in total. The molecule has 0 aliphatic carbocycles. The molecule has 6 rings (SSSR count). The van der Waals surface area contributed by atoms with Gasteiger partial charge in [-0.1, -0.05) is 60.7 Å². The summed E-state index contributed by atoms with van der Waals surface area (Å²) in [6, 6.07) is 24.7. The second-order valence-corrected chi connectivity index (χ2v) is 8.70. The van der Waals surface area contributed by atoms with Crippen molar-refractivity contribution in [1.29, 1.82) is 0 Å². The zero-order valence-corrected chi connectivity index (χ0v) is 19.5. The Hall–Kier alpha value is -4.85. The fourth-order valence-corrected chi connectivity index (χ4v) is 4.46. The molecule has 0 saturated heterocycles. The number of carbonyl (C=O) groups is 2. The maximum absolute atomic E-state index is 13.2. The van der Waals surface area contributed by atoms with Gasteiger partial charge in [-0.15, -0.1) is 0 Å². The third-order valence-corrected chi connectivity index (χ3v) is 6.35. The lowest BCUT2D eigenvalue weighted by atomic mass is 10.1. The van der Waals surface area contributed by atoms with Gasteiger partial charge < -0.3 is 5.32 Å². The number of aromatic nitrogens is 4. The van der Waals surface area contributed by atoms with E-state index in [9.17, 15) is 9.59 Å². The van der Waals surface area contributed by atoms with Crippen LogP contribution in [0.1, 0.15) is 46.2 Å². The molecule has 5 aromatic rings. The molecule has 0 bridgehead atoms. The highest BCUT2D eigenvalue weighted by molar-refractivity contribution is 6.22. The first kappa shape index (κ1) is 21.7. The highest BCUT2D eigenvalue weighted by Crippen LogP contribution is 2.30. The van der Waals surface area contributed by atoms with E-state index in [4.69, 9.17) is 0 Å². The summed E-state index contributed by atoms with van der Waals surface area (Å²) in [5.74, 6) is 0.467. The molecule has 0 radical (unpaired) electrons. The third kappa shape index (κ3) is 3.78. The molecule has 1 aliphatic heterocycles. The highest BCUT2D eigenvalue weighted by atomic mass is 16.2. The average Bonchev–Trinajstić information content (AvgIpc) is 3.43. The fraction of sp³-hybridized carbons (Fsp3) is 0.107. The molecular formula is C28H24N6O2. The maximum Gasteiger partial charge on any atom is 0.261 e. The van der Waals surface area contributed by atoms with Crippen molar-refractivity contribution >= 4 is 28.8 Å². The van der Waals surface area contributed by atoms with Gasteiger partial charge in [0.15, 0.2) is 0 Å². The fourth-order valence-electron chi connectivity index (χ4n) is 4.46. The van der Waals surface area contributed by atoms with Crippen molar-refractivity contribution in [2.75, 3.05) is 5.32 Å². The molecule has 1 atom stereocenters. The van der Waals surface area contributed by atoms with Gasteiger partial charge in [0, 0.05) is 7.62 Å². The molecule has 8 nitrogen and oxygen atoms in total. The van der Waals surface area contributed by atoms with E-state index >= 15 is 0 Å². The van der Waals surface area contributed by atoms with Crippen molar-refractivity contribution in [3.8, 4) is 5.82 Å². The van der Waals surface area contributed by atoms with Crippen LogP contribution in [0.15, 0.2) is 91.4 Å². The van der Waals surface area contributed by atoms with Crippen LogP contribution in [-0.2, 0) is 6.54 Å². The van der Waals surface area contributed by atoms with Gasteiger partial charge >= 0.3 is 0 Å². The number of nitrogens with zero attached hydrogens (tertiary/aromatic N) is 5. The molecule has 8 heteroatoms. The molecule has 3 aromatic carbocycles. The number of nitrogens with one attached hydrogen (secondary N) is 1. The van der Waals surface area contributed by atoms with Gasteiger partial charge in [0.1, 0.15) is 12.1 Å². The normalized spacial score (nSPS) is 13.8. The van der Waals surface area contributed by atoms with E-state index in [2.05, 4.69) is 20.3 Å². The monoisotopic (exact) mass is 476 g/mol. The Kier molecular flexibility index (Phi) is 5.26. The van der Waals surface area contributed by atoms with Crippen LogP contribution >= 0.6 is 0 Å². The van der Waals surface area contributed by atoms with Gasteiger partial charge in [-0.2, -0.15) is 4.98 Å². The zero-order valence-electron chi connectivity index (χ0n) is 19.5. The van der Waals surface area contributed by atoms with Crippen LogP contribution in [-0.4, -0.2) is 36.2 Å². The summed E-state index contributed by atoms with van der Waals surface area (Å²) in [6.45, 7) is 2.27. The minimum Gasteiger partial charge on any atom is -0.348 e.